The van der Waals surface area contributed by atoms with Crippen molar-refractivity contribution in [1.82, 2.24) is 0 Å². The van der Waals surface area contributed by atoms with Gasteiger partial charge in [0.1, 0.15) is 6.10 Å². The minimum absolute atomic E-state index is 0.000622. The van der Waals surface area contributed by atoms with Gasteiger partial charge in [0, 0.05) is 0 Å². The van der Waals surface area contributed by atoms with Gasteiger partial charge in [-0.15, -0.1) is 0 Å². The summed E-state index contributed by atoms with van der Waals surface area (Å²) in [6.07, 6.45) is -1.98. The van der Waals surface area contributed by atoms with E-state index in [1.165, 1.54) is 12.1 Å². The van der Waals surface area contributed by atoms with Crippen molar-refractivity contribution in [2.45, 2.75) is 56.9 Å². The van der Waals surface area contributed by atoms with Crippen molar-refractivity contribution in [3.05, 3.63) is 48.6 Å². The average molecular weight is 348 g/mol. The van der Waals surface area contributed by atoms with Gasteiger partial charge in [-0.1, -0.05) is 57.7 Å². The van der Waals surface area contributed by atoms with Gasteiger partial charge in [0.15, 0.2) is 8.32 Å². The van der Waals surface area contributed by atoms with Crippen LogP contribution < -0.4 is 0 Å². The van der Waals surface area contributed by atoms with E-state index >= 15 is 0 Å². The van der Waals surface area contributed by atoms with Crippen molar-refractivity contribution < 1.29 is 22.0 Å². The van der Waals surface area contributed by atoms with Gasteiger partial charge in [-0.3, -0.25) is 0 Å². The lowest BCUT2D eigenvalue weighted by atomic mass is 9.98. The minimum atomic E-state index is -4.37. The monoisotopic (exact) mass is 348 g/mol. The minimum Gasteiger partial charge on any atom is -0.404 e. The number of hydrogen-bond donors (Lipinski definition) is 0. The summed E-state index contributed by atoms with van der Waals surface area (Å²) >= 11 is 0. The second kappa shape index (κ2) is 7.62. The van der Waals surface area contributed by atoms with E-state index < -0.39 is 26.3 Å². The zero-order valence-electron chi connectivity index (χ0n) is 13.8. The van der Waals surface area contributed by atoms with Gasteiger partial charge in [0.05, 0.1) is 0 Å². The first-order chi connectivity index (χ1) is 10.7. The molecule has 1 atom stereocenters. The number of alkyl halides is 4. The van der Waals surface area contributed by atoms with E-state index in [0.717, 1.165) is 0 Å². The van der Waals surface area contributed by atoms with Crippen LogP contribution in [-0.2, 0) is 4.43 Å². The summed E-state index contributed by atoms with van der Waals surface area (Å²) in [4.78, 5) is 0. The zero-order valence-corrected chi connectivity index (χ0v) is 14.8. The van der Waals surface area contributed by atoms with Crippen molar-refractivity contribution in [3.63, 3.8) is 0 Å². The van der Waals surface area contributed by atoms with Gasteiger partial charge in [-0.25, -0.2) is 0 Å². The van der Waals surface area contributed by atoms with Gasteiger partial charge < -0.3 is 4.43 Å². The lowest BCUT2D eigenvalue weighted by molar-refractivity contribution is -0.228. The molecule has 0 aliphatic carbocycles. The lowest BCUT2D eigenvalue weighted by Crippen LogP contribution is -2.49. The Morgan fingerprint density at radius 2 is 1.52 bits per heavy atom. The molecule has 1 nitrogen and oxygen atoms in total. The molecule has 1 aromatic carbocycles. The number of allylic oxidation sites excluding steroid dienone is 1. The Balaban J connectivity index is 3.37. The third-order valence-corrected chi connectivity index (χ3v) is 9.03. The topological polar surface area (TPSA) is 9.23 Å². The first kappa shape index (κ1) is 19.9. The van der Waals surface area contributed by atoms with Gasteiger partial charge in [-0.2, -0.15) is 17.6 Å². The van der Waals surface area contributed by atoms with Crippen LogP contribution in [0.3, 0.4) is 0 Å². The second-order valence-electron chi connectivity index (χ2n) is 5.60. The molecule has 23 heavy (non-hydrogen) atoms. The molecule has 1 unspecified atom stereocenters. The smallest absolute Gasteiger partial charge is 0.342 e. The normalized spacial score (nSPS) is 14.6. The van der Waals surface area contributed by atoms with E-state index in [1.807, 2.05) is 20.8 Å². The summed E-state index contributed by atoms with van der Waals surface area (Å²) in [7, 11) is -2.51. The first-order valence-electron chi connectivity index (χ1n) is 7.81. The fourth-order valence-corrected chi connectivity index (χ4v) is 5.32. The van der Waals surface area contributed by atoms with Gasteiger partial charge >= 0.3 is 11.8 Å². The zero-order chi connectivity index (χ0) is 17.7. The molecule has 130 valence electrons. The first-order valence-corrected chi connectivity index (χ1v) is 10.3. The molecule has 0 heterocycles. The van der Waals surface area contributed by atoms with Crippen LogP contribution in [0, 0.1) is 0 Å². The standard InChI is InChI=1S/C17H24F4OSi/c1-5-16(18,19)17(20,21)15(14-12-10-9-11-13-14)22-23(6-2,7-3)8-4/h5,9-13,15H,1,6-8H2,2-4H3. The maximum atomic E-state index is 14.6. The van der Waals surface area contributed by atoms with E-state index in [0.29, 0.717) is 18.1 Å². The molecule has 6 heteroatoms. The van der Waals surface area contributed by atoms with E-state index in [9.17, 15) is 17.6 Å². The Hall–Kier alpha value is -1.14. The largest absolute Gasteiger partial charge is 0.404 e. The Bertz CT molecular complexity index is 492. The van der Waals surface area contributed by atoms with Crippen LogP contribution in [0.2, 0.25) is 18.1 Å². The van der Waals surface area contributed by atoms with Crippen molar-refractivity contribution in [3.8, 4) is 0 Å². The number of benzene rings is 1. The van der Waals surface area contributed by atoms with E-state index in [4.69, 9.17) is 4.43 Å². The lowest BCUT2D eigenvalue weighted by Gasteiger charge is -2.39. The quantitative estimate of drug-likeness (QED) is 0.293. The summed E-state index contributed by atoms with van der Waals surface area (Å²) in [6.45, 7) is 8.46. The predicted molar refractivity (Wildman–Crippen MR) is 87.6 cm³/mol. The molecule has 0 N–H and O–H groups in total. The van der Waals surface area contributed by atoms with Crippen LogP contribution in [0.1, 0.15) is 32.4 Å². The Kier molecular flexibility index (Phi) is 6.59. The SMILES string of the molecule is C=CC(F)(F)C(F)(F)C(O[Si](CC)(CC)CC)c1ccccc1. The van der Waals surface area contributed by atoms with Gasteiger partial charge in [-0.05, 0) is 29.8 Å². The molecular weight excluding hydrogens is 324 g/mol. The van der Waals surface area contributed by atoms with Crippen LogP contribution in [0.15, 0.2) is 43.0 Å². The van der Waals surface area contributed by atoms with Crippen molar-refractivity contribution in [2.75, 3.05) is 0 Å². The molecule has 0 aliphatic rings. The Labute approximate surface area is 136 Å². The molecule has 0 radical (unpaired) electrons. The third-order valence-electron chi connectivity index (χ3n) is 4.43. The highest BCUT2D eigenvalue weighted by atomic mass is 28.4. The van der Waals surface area contributed by atoms with E-state index in [1.54, 1.807) is 18.2 Å². The Morgan fingerprint density at radius 1 is 1.04 bits per heavy atom. The van der Waals surface area contributed by atoms with Crippen molar-refractivity contribution in [1.29, 1.82) is 0 Å². The van der Waals surface area contributed by atoms with Crippen LogP contribution in [0.5, 0.6) is 0 Å². The summed E-state index contributed by atoms with van der Waals surface area (Å²) in [6, 6.07) is 9.32. The molecule has 0 spiro atoms. The molecule has 0 fully saturated rings. The number of hydrogen-bond acceptors (Lipinski definition) is 1. The Morgan fingerprint density at radius 3 is 1.91 bits per heavy atom. The highest BCUT2D eigenvalue weighted by molar-refractivity contribution is 6.73. The van der Waals surface area contributed by atoms with Crippen LogP contribution in [0.4, 0.5) is 17.6 Å². The summed E-state index contributed by atoms with van der Waals surface area (Å²) < 4.78 is 62.6. The predicted octanol–water partition coefficient (Wildman–Crippen LogP) is 6.21. The number of halogens is 4. The maximum Gasteiger partial charge on any atom is 0.342 e. The van der Waals surface area contributed by atoms with Gasteiger partial charge in [0.2, 0.25) is 0 Å². The maximum absolute atomic E-state index is 14.6. The molecular formula is C17H24F4OSi. The molecule has 0 aromatic heterocycles. The fraction of sp³-hybridized carbons (Fsp3) is 0.529. The molecule has 1 rings (SSSR count). The molecule has 0 saturated heterocycles. The van der Waals surface area contributed by atoms with Gasteiger partial charge in [0.25, 0.3) is 0 Å². The van der Waals surface area contributed by atoms with Crippen LogP contribution in [0.25, 0.3) is 0 Å². The fourth-order valence-electron chi connectivity index (χ4n) is 2.54. The molecule has 0 amide bonds. The van der Waals surface area contributed by atoms with Crippen LogP contribution >= 0.6 is 0 Å². The summed E-state index contributed by atoms with van der Waals surface area (Å²) in [5, 5.41) is 0. The average Bonchev–Trinajstić information content (AvgIpc) is 2.57. The van der Waals surface area contributed by atoms with Crippen molar-refractivity contribution in [2.24, 2.45) is 0 Å². The van der Waals surface area contributed by atoms with Crippen molar-refractivity contribution >= 4 is 8.32 Å². The van der Waals surface area contributed by atoms with E-state index in [-0.39, 0.29) is 11.6 Å². The molecule has 0 bridgehead atoms. The molecule has 0 saturated carbocycles. The highest BCUT2D eigenvalue weighted by Gasteiger charge is 2.61. The third kappa shape index (κ3) is 4.04. The molecule has 1 aromatic rings. The highest BCUT2D eigenvalue weighted by Crippen LogP contribution is 2.48. The molecule has 0 aliphatic heterocycles. The number of rotatable bonds is 9. The summed E-state index contributed by atoms with van der Waals surface area (Å²) in [5.41, 5.74) is 0.0613. The second-order valence-corrected chi connectivity index (χ2v) is 10.3. The van der Waals surface area contributed by atoms with Crippen LogP contribution in [-0.4, -0.2) is 20.2 Å². The summed E-state index contributed by atoms with van der Waals surface area (Å²) in [5.74, 6) is -8.71. The van der Waals surface area contributed by atoms with E-state index in [2.05, 4.69) is 6.58 Å².